The minimum atomic E-state index is -1.20. The molecule has 0 rings (SSSR count). The molecule has 27 heavy (non-hydrogen) atoms. The van der Waals surface area contributed by atoms with Gasteiger partial charge in [-0.3, -0.25) is 9.59 Å². The number of unbranched alkanes of at least 4 members (excludes halogenated alkanes) is 5. The summed E-state index contributed by atoms with van der Waals surface area (Å²) in [6.07, 6.45) is 11.3. The van der Waals surface area contributed by atoms with Gasteiger partial charge in [-0.2, -0.15) is 0 Å². The summed E-state index contributed by atoms with van der Waals surface area (Å²) < 4.78 is 0.201. The Morgan fingerprint density at radius 3 is 1.70 bits per heavy atom. The quantitative estimate of drug-likeness (QED) is 0.212. The largest absolute Gasteiger partial charge is 0.550 e. The fourth-order valence-corrected chi connectivity index (χ4v) is 3.12. The summed E-state index contributed by atoms with van der Waals surface area (Å²) in [6.45, 7) is 3.43. The van der Waals surface area contributed by atoms with E-state index in [-0.39, 0.29) is 43.4 Å². The average Bonchev–Trinajstić information content (AvgIpc) is 2.61. The summed E-state index contributed by atoms with van der Waals surface area (Å²) in [6, 6.07) is 0. The van der Waals surface area contributed by atoms with Crippen LogP contribution in [0.25, 0.3) is 0 Å². The molecule has 0 aromatic rings. The minimum absolute atomic E-state index is 0.107. The highest BCUT2D eigenvalue weighted by atomic mass is 16.4. The number of carbonyl (C=O) groups is 3. The Morgan fingerprint density at radius 1 is 0.778 bits per heavy atom. The fraction of sp³-hybridized carbons (Fsp3) is 0.750. The van der Waals surface area contributed by atoms with Crippen LogP contribution < -0.4 is 5.11 Å². The maximum Gasteiger partial charge on any atom is 0.309 e. The number of quaternary nitrogens is 1. The highest BCUT2D eigenvalue weighted by Crippen LogP contribution is 2.15. The Kier molecular flexibility index (Phi) is 14.1. The molecule has 0 aromatic heterocycles. The van der Waals surface area contributed by atoms with Crippen LogP contribution in [0.1, 0.15) is 71.1 Å². The lowest BCUT2D eigenvalue weighted by Crippen LogP contribution is -2.53. The van der Waals surface area contributed by atoms with Gasteiger partial charge in [0.1, 0.15) is 0 Å². The normalized spacial score (nSPS) is 11.7. The van der Waals surface area contributed by atoms with E-state index in [0.29, 0.717) is 6.54 Å². The van der Waals surface area contributed by atoms with Crippen LogP contribution in [0.5, 0.6) is 0 Å². The molecule has 0 amide bonds. The van der Waals surface area contributed by atoms with Crippen molar-refractivity contribution in [3.8, 4) is 0 Å². The first kappa shape index (κ1) is 25.1. The number of carboxylic acids is 3. The molecule has 0 radical (unpaired) electrons. The third-order valence-electron chi connectivity index (χ3n) is 4.78. The van der Waals surface area contributed by atoms with E-state index in [1.807, 2.05) is 0 Å². The highest BCUT2D eigenvalue weighted by molar-refractivity contribution is 5.67. The number of allylic oxidation sites excluding steroid dienone is 2. The molecule has 0 aliphatic heterocycles. The Bertz CT molecular complexity index is 430. The van der Waals surface area contributed by atoms with Gasteiger partial charge in [0.05, 0.1) is 39.0 Å². The molecule has 0 fully saturated rings. The van der Waals surface area contributed by atoms with Gasteiger partial charge < -0.3 is 24.6 Å². The van der Waals surface area contributed by atoms with Gasteiger partial charge in [-0.15, -0.1) is 0 Å². The second-order valence-corrected chi connectivity index (χ2v) is 7.11. The maximum absolute atomic E-state index is 11.0. The van der Waals surface area contributed by atoms with Crippen LogP contribution in [0.2, 0.25) is 0 Å². The maximum atomic E-state index is 11.0. The third-order valence-corrected chi connectivity index (χ3v) is 4.78. The molecule has 7 nitrogen and oxygen atoms in total. The molecule has 0 saturated carbocycles. The third kappa shape index (κ3) is 14.9. The minimum Gasteiger partial charge on any atom is -0.550 e. The van der Waals surface area contributed by atoms with Gasteiger partial charge in [-0.25, -0.2) is 0 Å². The molecule has 156 valence electrons. The molecule has 2 N–H and O–H groups in total. The van der Waals surface area contributed by atoms with E-state index in [2.05, 4.69) is 19.1 Å². The molecule has 0 spiro atoms. The molecule has 0 aliphatic carbocycles. The second-order valence-electron chi connectivity index (χ2n) is 7.11. The molecule has 7 heteroatoms. The first-order valence-electron chi connectivity index (χ1n) is 9.95. The summed E-state index contributed by atoms with van der Waals surface area (Å²) in [5.41, 5.74) is 0. The Labute approximate surface area is 162 Å². The number of aliphatic carboxylic acids is 3. The van der Waals surface area contributed by atoms with E-state index < -0.39 is 17.9 Å². The van der Waals surface area contributed by atoms with Crippen LogP contribution in [0.3, 0.4) is 0 Å². The zero-order chi connectivity index (χ0) is 20.5. The van der Waals surface area contributed by atoms with Crippen molar-refractivity contribution in [2.45, 2.75) is 71.1 Å². The Hall–Kier alpha value is -1.89. The van der Waals surface area contributed by atoms with E-state index in [9.17, 15) is 19.5 Å². The van der Waals surface area contributed by atoms with Crippen LogP contribution in [0.4, 0.5) is 0 Å². The van der Waals surface area contributed by atoms with Crippen molar-refractivity contribution in [1.82, 2.24) is 0 Å². The topological polar surface area (TPSA) is 115 Å². The highest BCUT2D eigenvalue weighted by Gasteiger charge is 2.28. The van der Waals surface area contributed by atoms with E-state index in [0.717, 1.165) is 25.7 Å². The first-order valence-corrected chi connectivity index (χ1v) is 9.95. The van der Waals surface area contributed by atoms with Crippen LogP contribution in [0.15, 0.2) is 12.2 Å². The number of carbonyl (C=O) groups excluding carboxylic acids is 1. The number of hydrogen-bond donors (Lipinski definition) is 2. The average molecular weight is 386 g/mol. The van der Waals surface area contributed by atoms with Crippen LogP contribution in [0, 0.1) is 0 Å². The van der Waals surface area contributed by atoms with Crippen molar-refractivity contribution in [3.05, 3.63) is 12.2 Å². The van der Waals surface area contributed by atoms with Gasteiger partial charge in [0.2, 0.25) is 0 Å². The first-order chi connectivity index (χ1) is 12.8. The van der Waals surface area contributed by atoms with E-state index in [1.165, 1.54) is 19.3 Å². The summed E-state index contributed by atoms with van der Waals surface area (Å²) >= 11 is 0. The fourth-order valence-electron chi connectivity index (χ4n) is 3.12. The molecule has 0 aliphatic rings. The molecule has 0 saturated heterocycles. The number of hydrogen-bond acceptors (Lipinski definition) is 4. The van der Waals surface area contributed by atoms with Crippen molar-refractivity contribution in [2.75, 3.05) is 26.2 Å². The predicted molar refractivity (Wildman–Crippen MR) is 101 cm³/mol. The van der Waals surface area contributed by atoms with Crippen molar-refractivity contribution >= 4 is 17.9 Å². The lowest BCUT2D eigenvalue weighted by atomic mass is 10.1. The number of nitrogens with zero attached hydrogens (tertiary/aromatic N) is 1. The molecule has 0 heterocycles. The van der Waals surface area contributed by atoms with Gasteiger partial charge >= 0.3 is 11.9 Å². The monoisotopic (exact) mass is 385 g/mol. The molecular weight excluding hydrogens is 350 g/mol. The van der Waals surface area contributed by atoms with Gasteiger partial charge in [0.15, 0.2) is 0 Å². The predicted octanol–water partition coefficient (Wildman–Crippen LogP) is 2.20. The zero-order valence-corrected chi connectivity index (χ0v) is 16.5. The van der Waals surface area contributed by atoms with E-state index in [1.54, 1.807) is 0 Å². The Balaban J connectivity index is 4.64. The lowest BCUT2D eigenvalue weighted by Gasteiger charge is -2.38. The molecule has 0 bridgehead atoms. The smallest absolute Gasteiger partial charge is 0.309 e. The molecule has 0 atom stereocenters. The number of rotatable bonds is 18. The van der Waals surface area contributed by atoms with Crippen molar-refractivity contribution in [2.24, 2.45) is 0 Å². The Morgan fingerprint density at radius 2 is 1.26 bits per heavy atom. The van der Waals surface area contributed by atoms with E-state index in [4.69, 9.17) is 10.2 Å². The summed E-state index contributed by atoms with van der Waals surface area (Å²) in [7, 11) is 0. The van der Waals surface area contributed by atoms with Gasteiger partial charge in [-0.1, -0.05) is 31.9 Å². The van der Waals surface area contributed by atoms with E-state index >= 15 is 0 Å². The lowest BCUT2D eigenvalue weighted by molar-refractivity contribution is -0.927. The SMILES string of the molecule is CCCCC/C=C/CCCC[N+](CCC(=O)[O-])(CCC(=O)O)CCC(=O)O. The molecular formula is C20H35NO6. The summed E-state index contributed by atoms with van der Waals surface area (Å²) in [4.78, 5) is 32.8. The number of carboxylic acid groups (broad SMARTS) is 3. The van der Waals surface area contributed by atoms with Crippen molar-refractivity contribution in [3.63, 3.8) is 0 Å². The standard InChI is InChI=1S/C20H35NO6/c1-2-3-4-5-6-7-8-9-10-14-21(15-11-18(22)23,16-12-19(24)25)17-13-20(26)27/h6-7H,2-5,8-17H2,1H3,(H2-,22,23,24,25,26,27)/b7-6+. The van der Waals surface area contributed by atoms with Gasteiger partial charge in [0, 0.05) is 12.4 Å². The van der Waals surface area contributed by atoms with Crippen LogP contribution in [-0.4, -0.2) is 58.8 Å². The van der Waals surface area contributed by atoms with Crippen LogP contribution in [-0.2, 0) is 14.4 Å². The second kappa shape index (κ2) is 15.2. The van der Waals surface area contributed by atoms with Crippen LogP contribution >= 0.6 is 0 Å². The van der Waals surface area contributed by atoms with Gasteiger partial charge in [0.25, 0.3) is 0 Å². The zero-order valence-electron chi connectivity index (χ0n) is 16.5. The molecule has 0 unspecified atom stereocenters. The summed E-state index contributed by atoms with van der Waals surface area (Å²) in [5.74, 6) is -3.12. The van der Waals surface area contributed by atoms with Gasteiger partial charge in [-0.05, 0) is 32.1 Å². The molecule has 0 aromatic carbocycles. The van der Waals surface area contributed by atoms with Crippen molar-refractivity contribution in [1.29, 1.82) is 0 Å². The summed E-state index contributed by atoms with van der Waals surface area (Å²) in [5, 5.41) is 28.9. The van der Waals surface area contributed by atoms with Crippen molar-refractivity contribution < 1.29 is 34.2 Å².